The van der Waals surface area contributed by atoms with Crippen molar-refractivity contribution in [1.82, 2.24) is 9.88 Å². The predicted octanol–water partition coefficient (Wildman–Crippen LogP) is 5.18. The van der Waals surface area contributed by atoms with Crippen LogP contribution in [0.4, 0.5) is 4.79 Å². The molecule has 0 spiro atoms. The Bertz CT molecular complexity index is 1020. The highest BCUT2D eigenvalue weighted by Gasteiger charge is 2.45. The van der Waals surface area contributed by atoms with E-state index in [-0.39, 0.29) is 16.1 Å². The van der Waals surface area contributed by atoms with Gasteiger partial charge in [0.05, 0.1) is 18.6 Å². The molecule has 0 bridgehead atoms. The zero-order valence-corrected chi connectivity index (χ0v) is 22.8. The Morgan fingerprint density at radius 2 is 1.89 bits per heavy atom. The highest BCUT2D eigenvalue weighted by atomic mass is 16.5. The SMILES string of the molecule is CCCCc1cc(OC2CCN(CCC3CC[N+](C(=O)[O-])(C(C)(C)C)CC3)CC2)c2ncccc2c1. The van der Waals surface area contributed by atoms with Gasteiger partial charge >= 0.3 is 0 Å². The lowest BCUT2D eigenvalue weighted by Crippen LogP contribution is -2.70. The van der Waals surface area contributed by atoms with Gasteiger partial charge in [0.2, 0.25) is 0 Å². The zero-order valence-electron chi connectivity index (χ0n) is 22.8. The Morgan fingerprint density at radius 1 is 1.17 bits per heavy atom. The summed E-state index contributed by atoms with van der Waals surface area (Å²) in [4.78, 5) is 19.2. The number of likely N-dealkylation sites (tertiary alicyclic amines) is 2. The second-order valence-corrected chi connectivity index (χ2v) is 12.0. The number of carbonyl (C=O) groups excluding carboxylic acids is 1. The summed E-state index contributed by atoms with van der Waals surface area (Å²) >= 11 is 0. The number of unbranched alkanes of at least 4 members (excludes halogenated alkanes) is 1. The Morgan fingerprint density at radius 3 is 2.53 bits per heavy atom. The smallest absolute Gasteiger partial charge is 0.257 e. The van der Waals surface area contributed by atoms with Crippen LogP contribution in [0.3, 0.4) is 0 Å². The van der Waals surface area contributed by atoms with Crippen LogP contribution in [0.2, 0.25) is 0 Å². The van der Waals surface area contributed by atoms with Gasteiger partial charge in [-0.05, 0) is 89.1 Å². The number of piperidine rings is 2. The molecule has 2 fully saturated rings. The van der Waals surface area contributed by atoms with Crippen molar-refractivity contribution >= 4 is 17.0 Å². The van der Waals surface area contributed by atoms with E-state index in [4.69, 9.17) is 4.74 Å². The number of carboxylic acid groups (broad SMARTS) is 1. The first-order valence-electron chi connectivity index (χ1n) is 14.1. The van der Waals surface area contributed by atoms with E-state index in [1.807, 2.05) is 33.0 Å². The number of quaternary nitrogens is 1. The van der Waals surface area contributed by atoms with Crippen LogP contribution >= 0.6 is 0 Å². The van der Waals surface area contributed by atoms with Crippen LogP contribution in [0.15, 0.2) is 30.5 Å². The molecule has 6 nitrogen and oxygen atoms in total. The first kappa shape index (κ1) is 26.9. The number of amides is 1. The molecule has 2 saturated heterocycles. The first-order chi connectivity index (χ1) is 17.2. The van der Waals surface area contributed by atoms with Crippen molar-refractivity contribution in [2.75, 3.05) is 32.7 Å². The van der Waals surface area contributed by atoms with Crippen LogP contribution in [0.1, 0.15) is 78.2 Å². The Labute approximate surface area is 217 Å². The van der Waals surface area contributed by atoms with Crippen LogP contribution in [-0.2, 0) is 6.42 Å². The molecule has 0 atom stereocenters. The van der Waals surface area contributed by atoms with Crippen molar-refractivity contribution in [1.29, 1.82) is 0 Å². The Kier molecular flexibility index (Phi) is 8.56. The van der Waals surface area contributed by atoms with Gasteiger partial charge in [0.25, 0.3) is 6.09 Å². The Balaban J connectivity index is 1.27. The molecule has 1 aromatic heterocycles. The highest BCUT2D eigenvalue weighted by molar-refractivity contribution is 5.85. The van der Waals surface area contributed by atoms with Gasteiger partial charge in [-0.15, -0.1) is 0 Å². The third-order valence-corrected chi connectivity index (χ3v) is 8.70. The third kappa shape index (κ3) is 6.03. The average Bonchev–Trinajstić information content (AvgIpc) is 2.86. The van der Waals surface area contributed by atoms with Crippen molar-refractivity contribution in [3.8, 4) is 5.75 Å². The van der Waals surface area contributed by atoms with Crippen LogP contribution in [-0.4, -0.2) is 64.8 Å². The highest BCUT2D eigenvalue weighted by Crippen LogP contribution is 2.34. The number of nitrogens with zero attached hydrogens (tertiary/aromatic N) is 3. The summed E-state index contributed by atoms with van der Waals surface area (Å²) in [5, 5.41) is 13.1. The van der Waals surface area contributed by atoms with Gasteiger partial charge in [-0.1, -0.05) is 19.4 Å². The number of aryl methyl sites for hydroxylation is 1. The van der Waals surface area contributed by atoms with Crippen molar-refractivity contribution in [2.24, 2.45) is 5.92 Å². The molecule has 4 rings (SSSR count). The number of hydrogen-bond acceptors (Lipinski definition) is 5. The fourth-order valence-electron chi connectivity index (χ4n) is 6.11. The molecule has 3 heterocycles. The fourth-order valence-corrected chi connectivity index (χ4v) is 6.11. The van der Waals surface area contributed by atoms with Gasteiger partial charge in [-0.3, -0.25) is 9.47 Å². The molecule has 2 aliphatic heterocycles. The average molecular weight is 496 g/mol. The van der Waals surface area contributed by atoms with E-state index in [0.717, 1.165) is 69.4 Å². The summed E-state index contributed by atoms with van der Waals surface area (Å²) in [6.45, 7) is 12.9. The molecular formula is C30H45N3O3. The molecule has 1 amide bonds. The van der Waals surface area contributed by atoms with Crippen LogP contribution in [0.5, 0.6) is 5.75 Å². The zero-order chi connectivity index (χ0) is 25.8. The number of pyridine rings is 1. The third-order valence-electron chi connectivity index (χ3n) is 8.70. The lowest BCUT2D eigenvalue weighted by atomic mass is 9.87. The second kappa shape index (κ2) is 11.5. The van der Waals surface area contributed by atoms with Gasteiger partial charge in [0.15, 0.2) is 0 Å². The van der Waals surface area contributed by atoms with Gasteiger partial charge < -0.3 is 19.5 Å². The lowest BCUT2D eigenvalue weighted by Gasteiger charge is -2.51. The van der Waals surface area contributed by atoms with Gasteiger partial charge in [-0.25, -0.2) is 0 Å². The first-order valence-corrected chi connectivity index (χ1v) is 14.1. The summed E-state index contributed by atoms with van der Waals surface area (Å²) in [6, 6.07) is 8.61. The predicted molar refractivity (Wildman–Crippen MR) is 143 cm³/mol. The normalized spacial score (nSPS) is 24.2. The molecular weight excluding hydrogens is 450 g/mol. The molecule has 0 aliphatic carbocycles. The summed E-state index contributed by atoms with van der Waals surface area (Å²) < 4.78 is 6.65. The largest absolute Gasteiger partial charge is 0.498 e. The number of ether oxygens (including phenoxy) is 1. The molecule has 0 radical (unpaired) electrons. The van der Waals surface area contributed by atoms with Crippen molar-refractivity contribution < 1.29 is 19.1 Å². The van der Waals surface area contributed by atoms with E-state index in [0.29, 0.717) is 19.0 Å². The maximum absolute atomic E-state index is 12.0. The minimum atomic E-state index is -0.915. The summed E-state index contributed by atoms with van der Waals surface area (Å²) in [6.07, 6.45) is 9.79. The lowest BCUT2D eigenvalue weighted by molar-refractivity contribution is -0.924. The van der Waals surface area contributed by atoms with Crippen LogP contribution < -0.4 is 9.84 Å². The van der Waals surface area contributed by atoms with Gasteiger partial charge in [0.1, 0.15) is 17.4 Å². The van der Waals surface area contributed by atoms with Crippen molar-refractivity contribution in [2.45, 2.75) is 90.7 Å². The number of hydrogen-bond donors (Lipinski definition) is 0. The maximum atomic E-state index is 12.0. The van der Waals surface area contributed by atoms with E-state index in [1.165, 1.54) is 23.8 Å². The summed E-state index contributed by atoms with van der Waals surface area (Å²) in [5.74, 6) is 1.54. The Hall–Kier alpha value is -2.18. The monoisotopic (exact) mass is 495 g/mol. The minimum Gasteiger partial charge on any atom is -0.498 e. The molecule has 0 N–H and O–H groups in total. The standard InChI is InChI=1S/C30H45N3O3/c1-5-6-8-24-21-25-9-7-15-31-28(25)27(22-24)36-26-11-17-32(18-12-26)16-10-23-13-19-33(20-14-23,29(34)35)30(2,3)4/h7,9,15,21-23,26H,5-6,8,10-14,16-20H2,1-4H3. The van der Waals surface area contributed by atoms with Gasteiger partial charge in [-0.2, -0.15) is 0 Å². The second-order valence-electron chi connectivity index (χ2n) is 12.0. The van der Waals surface area contributed by atoms with E-state index >= 15 is 0 Å². The summed E-state index contributed by atoms with van der Waals surface area (Å²) in [7, 11) is 0. The number of rotatable bonds is 8. The fraction of sp³-hybridized carbons (Fsp3) is 0.667. The minimum absolute atomic E-state index is 0.0927. The molecule has 0 saturated carbocycles. The van der Waals surface area contributed by atoms with Crippen molar-refractivity contribution in [3.05, 3.63) is 36.0 Å². The molecule has 198 valence electrons. The molecule has 2 aliphatic rings. The topological polar surface area (TPSA) is 65.5 Å². The quantitative estimate of drug-likeness (QED) is 0.472. The molecule has 36 heavy (non-hydrogen) atoms. The number of aromatic nitrogens is 1. The van der Waals surface area contributed by atoms with E-state index in [1.54, 1.807) is 0 Å². The van der Waals surface area contributed by atoms with E-state index < -0.39 is 6.09 Å². The van der Waals surface area contributed by atoms with Gasteiger partial charge in [0, 0.05) is 37.5 Å². The number of benzene rings is 1. The molecule has 1 aromatic carbocycles. The number of fused-ring (bicyclic) bond motifs is 1. The maximum Gasteiger partial charge on any atom is 0.257 e. The van der Waals surface area contributed by atoms with E-state index in [9.17, 15) is 9.90 Å². The summed E-state index contributed by atoms with van der Waals surface area (Å²) in [5.41, 5.74) is 1.99. The molecule has 6 heteroatoms. The van der Waals surface area contributed by atoms with E-state index in [2.05, 4.69) is 35.0 Å². The molecule has 0 unspecified atom stereocenters. The van der Waals surface area contributed by atoms with Crippen molar-refractivity contribution in [3.63, 3.8) is 0 Å². The number of carbonyl (C=O) groups is 1. The molecule has 2 aromatic rings. The van der Waals surface area contributed by atoms with Crippen LogP contribution in [0, 0.1) is 5.92 Å². The van der Waals surface area contributed by atoms with Crippen LogP contribution in [0.25, 0.3) is 10.9 Å².